The molecule has 0 spiro atoms. The number of carbonyl (C=O) groups excluding carboxylic acids is 1. The summed E-state index contributed by atoms with van der Waals surface area (Å²) in [7, 11) is 0. The Hall–Kier alpha value is -3.26. The van der Waals surface area contributed by atoms with Crippen molar-refractivity contribution in [1.82, 2.24) is 10.3 Å². The van der Waals surface area contributed by atoms with Crippen LogP contribution in [-0.4, -0.2) is 22.2 Å². The molecule has 0 saturated carbocycles. The molecule has 0 aliphatic heterocycles. The van der Waals surface area contributed by atoms with Crippen LogP contribution in [0.25, 0.3) is 11.3 Å². The highest BCUT2D eigenvalue weighted by molar-refractivity contribution is 5.96. The molecule has 1 heterocycles. The van der Waals surface area contributed by atoms with Crippen LogP contribution in [0.15, 0.2) is 60.8 Å². The zero-order chi connectivity index (χ0) is 22.8. The Bertz CT molecular complexity index is 1060. The standard InChI is InChI=1S/C23H20F4N2O2/c1-13-3-8-20(28-12-13)16-9-17(21(30)23(25,26)27)11-18(10-16)22(31)29-14(2)15-4-6-19(24)7-5-15/h3-12,14,21,30H,1-2H3,(H,29,31)/t14-,21?/m1/s1. The first-order chi connectivity index (χ1) is 14.5. The number of amides is 1. The van der Waals surface area contributed by atoms with Gasteiger partial charge in [0.05, 0.1) is 11.7 Å². The molecule has 0 saturated heterocycles. The van der Waals surface area contributed by atoms with E-state index in [4.69, 9.17) is 0 Å². The molecule has 2 N–H and O–H groups in total. The molecular weight excluding hydrogens is 412 g/mol. The molecule has 2 atom stereocenters. The predicted molar refractivity (Wildman–Crippen MR) is 108 cm³/mol. The molecule has 3 rings (SSSR count). The Kier molecular flexibility index (Phi) is 6.40. The molecule has 0 aliphatic carbocycles. The molecule has 4 nitrogen and oxygen atoms in total. The fourth-order valence-corrected chi connectivity index (χ4v) is 3.03. The Morgan fingerprint density at radius 1 is 1.03 bits per heavy atom. The number of hydrogen-bond donors (Lipinski definition) is 2. The van der Waals surface area contributed by atoms with Crippen LogP contribution < -0.4 is 5.32 Å². The molecule has 0 fully saturated rings. The Morgan fingerprint density at radius 2 is 1.71 bits per heavy atom. The maximum absolute atomic E-state index is 13.1. The van der Waals surface area contributed by atoms with E-state index in [0.717, 1.165) is 17.7 Å². The van der Waals surface area contributed by atoms with Crippen LogP contribution in [0.1, 0.15) is 46.1 Å². The zero-order valence-corrected chi connectivity index (χ0v) is 16.7. The van der Waals surface area contributed by atoms with Gasteiger partial charge in [0, 0.05) is 17.3 Å². The summed E-state index contributed by atoms with van der Waals surface area (Å²) in [5, 5.41) is 12.4. The van der Waals surface area contributed by atoms with E-state index >= 15 is 0 Å². The van der Waals surface area contributed by atoms with Gasteiger partial charge in [-0.25, -0.2) is 4.39 Å². The summed E-state index contributed by atoms with van der Waals surface area (Å²) >= 11 is 0. The molecule has 8 heteroatoms. The minimum absolute atomic E-state index is 0.0628. The molecule has 0 bridgehead atoms. The molecule has 2 aromatic carbocycles. The third kappa shape index (κ3) is 5.46. The molecule has 1 aromatic heterocycles. The van der Waals surface area contributed by atoms with Crippen molar-refractivity contribution in [3.8, 4) is 11.3 Å². The van der Waals surface area contributed by atoms with Gasteiger partial charge in [-0.1, -0.05) is 18.2 Å². The van der Waals surface area contributed by atoms with E-state index < -0.39 is 35.6 Å². The molecule has 1 amide bonds. The van der Waals surface area contributed by atoms with Gasteiger partial charge in [0.15, 0.2) is 6.10 Å². The number of halogens is 4. The summed E-state index contributed by atoms with van der Waals surface area (Å²) < 4.78 is 52.5. The van der Waals surface area contributed by atoms with Crippen molar-refractivity contribution in [1.29, 1.82) is 0 Å². The molecular formula is C23H20F4N2O2. The minimum Gasteiger partial charge on any atom is -0.379 e. The van der Waals surface area contributed by atoms with Gasteiger partial charge in [-0.2, -0.15) is 13.2 Å². The highest BCUT2D eigenvalue weighted by atomic mass is 19.4. The Labute approximate surface area is 176 Å². The van der Waals surface area contributed by atoms with Crippen molar-refractivity contribution >= 4 is 5.91 Å². The average Bonchev–Trinajstić information content (AvgIpc) is 2.73. The number of rotatable bonds is 5. The van der Waals surface area contributed by atoms with Crippen LogP contribution in [0, 0.1) is 12.7 Å². The summed E-state index contributed by atoms with van der Waals surface area (Å²) in [6.45, 7) is 3.48. The third-order valence-electron chi connectivity index (χ3n) is 4.77. The summed E-state index contributed by atoms with van der Waals surface area (Å²) in [5.74, 6) is -1.06. The van der Waals surface area contributed by atoms with E-state index in [2.05, 4.69) is 10.3 Å². The van der Waals surface area contributed by atoms with Gasteiger partial charge in [0.1, 0.15) is 5.82 Å². The second-order valence-electron chi connectivity index (χ2n) is 7.26. The van der Waals surface area contributed by atoms with E-state index in [-0.39, 0.29) is 11.1 Å². The maximum atomic E-state index is 13.1. The van der Waals surface area contributed by atoms with Gasteiger partial charge in [0.2, 0.25) is 0 Å². The largest absolute Gasteiger partial charge is 0.418 e. The molecule has 1 unspecified atom stereocenters. The Morgan fingerprint density at radius 3 is 2.29 bits per heavy atom. The van der Waals surface area contributed by atoms with Gasteiger partial charge >= 0.3 is 6.18 Å². The first-order valence-corrected chi connectivity index (χ1v) is 9.43. The molecule has 3 aromatic rings. The van der Waals surface area contributed by atoms with E-state index in [1.54, 1.807) is 25.3 Å². The minimum atomic E-state index is -4.89. The van der Waals surface area contributed by atoms with Crippen LogP contribution in [0.2, 0.25) is 0 Å². The number of nitrogens with zero attached hydrogens (tertiary/aromatic N) is 1. The number of benzene rings is 2. The van der Waals surface area contributed by atoms with Crippen molar-refractivity contribution in [3.63, 3.8) is 0 Å². The monoisotopic (exact) mass is 432 g/mol. The molecule has 162 valence electrons. The van der Waals surface area contributed by atoms with Gasteiger partial charge in [-0.15, -0.1) is 0 Å². The maximum Gasteiger partial charge on any atom is 0.418 e. The topological polar surface area (TPSA) is 62.2 Å². The number of nitrogens with one attached hydrogen (secondary N) is 1. The molecule has 31 heavy (non-hydrogen) atoms. The summed E-state index contributed by atoms with van der Waals surface area (Å²) in [6.07, 6.45) is -6.09. The number of aliphatic hydroxyl groups excluding tert-OH is 1. The number of pyridine rings is 1. The van der Waals surface area contributed by atoms with Crippen LogP contribution in [0.3, 0.4) is 0 Å². The number of hydrogen-bond acceptors (Lipinski definition) is 3. The molecule has 0 aliphatic rings. The highest BCUT2D eigenvalue weighted by Gasteiger charge is 2.39. The summed E-state index contributed by atoms with van der Waals surface area (Å²) in [4.78, 5) is 17.0. The lowest BCUT2D eigenvalue weighted by Crippen LogP contribution is -2.27. The first-order valence-electron chi connectivity index (χ1n) is 9.43. The number of aromatic nitrogens is 1. The van der Waals surface area contributed by atoms with Crippen LogP contribution in [0.5, 0.6) is 0 Å². The SMILES string of the molecule is Cc1ccc(-c2cc(C(=O)N[C@H](C)c3ccc(F)cc3)cc(C(O)C(F)(F)F)c2)nc1. The number of aryl methyl sites for hydroxylation is 1. The predicted octanol–water partition coefficient (Wildman–Crippen LogP) is 5.28. The van der Waals surface area contributed by atoms with Gasteiger partial charge < -0.3 is 10.4 Å². The van der Waals surface area contributed by atoms with Crippen molar-refractivity contribution < 1.29 is 27.5 Å². The van der Waals surface area contributed by atoms with Crippen LogP contribution >= 0.6 is 0 Å². The second kappa shape index (κ2) is 8.85. The van der Waals surface area contributed by atoms with Gasteiger partial charge in [-0.3, -0.25) is 9.78 Å². The van der Waals surface area contributed by atoms with Gasteiger partial charge in [0.25, 0.3) is 5.91 Å². The van der Waals surface area contributed by atoms with Crippen molar-refractivity contribution in [2.45, 2.75) is 32.2 Å². The fourth-order valence-electron chi connectivity index (χ4n) is 3.03. The van der Waals surface area contributed by atoms with Crippen molar-refractivity contribution in [2.75, 3.05) is 0 Å². The lowest BCUT2D eigenvalue weighted by atomic mass is 9.98. The van der Waals surface area contributed by atoms with Crippen LogP contribution in [0.4, 0.5) is 17.6 Å². The van der Waals surface area contributed by atoms with Crippen molar-refractivity contribution in [2.24, 2.45) is 0 Å². The number of carbonyl (C=O) groups is 1. The lowest BCUT2D eigenvalue weighted by molar-refractivity contribution is -0.206. The number of aliphatic hydroxyl groups is 1. The fraction of sp³-hybridized carbons (Fsp3) is 0.217. The van der Waals surface area contributed by atoms with E-state index in [0.29, 0.717) is 11.3 Å². The van der Waals surface area contributed by atoms with E-state index in [1.165, 1.54) is 30.3 Å². The van der Waals surface area contributed by atoms with E-state index in [9.17, 15) is 27.5 Å². The third-order valence-corrected chi connectivity index (χ3v) is 4.77. The van der Waals surface area contributed by atoms with Crippen molar-refractivity contribution in [3.05, 3.63) is 88.9 Å². The highest BCUT2D eigenvalue weighted by Crippen LogP contribution is 2.35. The van der Waals surface area contributed by atoms with Gasteiger partial charge in [-0.05, 0) is 66.9 Å². The zero-order valence-electron chi connectivity index (χ0n) is 16.7. The Balaban J connectivity index is 1.97. The average molecular weight is 432 g/mol. The molecule has 0 radical (unpaired) electrons. The van der Waals surface area contributed by atoms with E-state index in [1.807, 2.05) is 6.92 Å². The number of alkyl halides is 3. The van der Waals surface area contributed by atoms with Crippen LogP contribution in [-0.2, 0) is 0 Å². The second-order valence-corrected chi connectivity index (χ2v) is 7.26. The first kappa shape index (κ1) is 22.4. The normalized spacial score (nSPS) is 13.5. The summed E-state index contributed by atoms with van der Waals surface area (Å²) in [6, 6.07) is 11.9. The smallest absolute Gasteiger partial charge is 0.379 e. The quantitative estimate of drug-likeness (QED) is 0.539. The lowest BCUT2D eigenvalue weighted by Gasteiger charge is -2.18. The summed E-state index contributed by atoms with van der Waals surface area (Å²) in [5.41, 5.74) is 1.59.